The van der Waals surface area contributed by atoms with Gasteiger partial charge in [-0.1, -0.05) is 6.92 Å². The van der Waals surface area contributed by atoms with Crippen LogP contribution in [-0.4, -0.2) is 61.8 Å². The van der Waals surface area contributed by atoms with Crippen LogP contribution in [0.1, 0.15) is 23.7 Å². The van der Waals surface area contributed by atoms with Gasteiger partial charge in [0, 0.05) is 43.8 Å². The molecule has 1 aromatic heterocycles. The summed E-state index contributed by atoms with van der Waals surface area (Å²) in [6.07, 6.45) is 2.99. The highest BCUT2D eigenvalue weighted by atomic mass is 32.1. The SMILES string of the molecule is CCNC(=NCc1ncc(CC)s1)NCCN1CCOCC1. The second-order valence-electron chi connectivity index (χ2n) is 5.15. The van der Waals surface area contributed by atoms with Gasteiger partial charge in [0.15, 0.2) is 5.96 Å². The molecule has 6 nitrogen and oxygen atoms in total. The predicted molar refractivity (Wildman–Crippen MR) is 91.6 cm³/mol. The van der Waals surface area contributed by atoms with Gasteiger partial charge in [-0.15, -0.1) is 11.3 Å². The Labute approximate surface area is 137 Å². The number of morpholine rings is 1. The summed E-state index contributed by atoms with van der Waals surface area (Å²) in [4.78, 5) is 12.7. The van der Waals surface area contributed by atoms with Crippen LogP contribution in [0.2, 0.25) is 0 Å². The normalized spacial score (nSPS) is 16.7. The first-order valence-electron chi connectivity index (χ1n) is 8.07. The van der Waals surface area contributed by atoms with Gasteiger partial charge in [0.1, 0.15) is 5.01 Å². The van der Waals surface area contributed by atoms with Crippen LogP contribution in [0.25, 0.3) is 0 Å². The van der Waals surface area contributed by atoms with Crippen LogP contribution in [0.5, 0.6) is 0 Å². The lowest BCUT2D eigenvalue weighted by Gasteiger charge is -2.26. The first-order chi connectivity index (χ1) is 10.8. The summed E-state index contributed by atoms with van der Waals surface area (Å²) in [7, 11) is 0. The van der Waals surface area contributed by atoms with Crippen LogP contribution < -0.4 is 10.6 Å². The quantitative estimate of drug-likeness (QED) is 0.580. The lowest BCUT2D eigenvalue weighted by Crippen LogP contribution is -2.44. The minimum atomic E-state index is 0.636. The molecule has 0 aromatic carbocycles. The highest BCUT2D eigenvalue weighted by molar-refractivity contribution is 7.11. The molecule has 7 heteroatoms. The van der Waals surface area contributed by atoms with Crippen molar-refractivity contribution in [1.29, 1.82) is 0 Å². The number of thiazole rings is 1. The van der Waals surface area contributed by atoms with E-state index >= 15 is 0 Å². The molecule has 0 spiro atoms. The van der Waals surface area contributed by atoms with E-state index in [2.05, 4.69) is 39.4 Å². The number of aryl methyl sites for hydroxylation is 1. The number of aliphatic imine (C=N–C) groups is 1. The van der Waals surface area contributed by atoms with Crippen molar-refractivity contribution in [2.24, 2.45) is 4.99 Å². The number of nitrogens with zero attached hydrogens (tertiary/aromatic N) is 3. The Hall–Kier alpha value is -1.18. The summed E-state index contributed by atoms with van der Waals surface area (Å²) in [6, 6.07) is 0. The second-order valence-corrected chi connectivity index (χ2v) is 6.35. The number of nitrogens with one attached hydrogen (secondary N) is 2. The van der Waals surface area contributed by atoms with E-state index in [1.807, 2.05) is 6.20 Å². The van der Waals surface area contributed by atoms with Gasteiger partial charge in [-0.2, -0.15) is 0 Å². The zero-order chi connectivity index (χ0) is 15.6. The monoisotopic (exact) mass is 325 g/mol. The highest BCUT2D eigenvalue weighted by Gasteiger charge is 2.09. The number of aromatic nitrogens is 1. The second kappa shape index (κ2) is 9.76. The molecule has 0 saturated carbocycles. The van der Waals surface area contributed by atoms with Crippen LogP contribution in [0, 0.1) is 0 Å². The molecule has 0 radical (unpaired) electrons. The number of rotatable bonds is 7. The molecular weight excluding hydrogens is 298 g/mol. The Morgan fingerprint density at radius 3 is 2.86 bits per heavy atom. The maximum Gasteiger partial charge on any atom is 0.191 e. The van der Waals surface area contributed by atoms with Crippen molar-refractivity contribution < 1.29 is 4.74 Å². The lowest BCUT2D eigenvalue weighted by atomic mass is 10.4. The lowest BCUT2D eigenvalue weighted by molar-refractivity contribution is 0.0389. The molecule has 0 bridgehead atoms. The van der Waals surface area contributed by atoms with Crippen LogP contribution in [0.3, 0.4) is 0 Å². The van der Waals surface area contributed by atoms with Gasteiger partial charge < -0.3 is 15.4 Å². The predicted octanol–water partition coefficient (Wildman–Crippen LogP) is 1.09. The minimum Gasteiger partial charge on any atom is -0.379 e. The number of hydrogen-bond donors (Lipinski definition) is 2. The van der Waals surface area contributed by atoms with E-state index < -0.39 is 0 Å². The van der Waals surface area contributed by atoms with Gasteiger partial charge in [-0.05, 0) is 13.3 Å². The van der Waals surface area contributed by atoms with E-state index in [1.54, 1.807) is 11.3 Å². The fourth-order valence-electron chi connectivity index (χ4n) is 2.23. The van der Waals surface area contributed by atoms with Gasteiger partial charge in [0.25, 0.3) is 0 Å². The molecule has 1 aromatic rings. The fraction of sp³-hybridized carbons (Fsp3) is 0.733. The molecule has 0 atom stereocenters. The van der Waals surface area contributed by atoms with E-state index in [1.165, 1.54) is 4.88 Å². The first kappa shape index (κ1) is 17.2. The van der Waals surface area contributed by atoms with Gasteiger partial charge in [-0.25, -0.2) is 9.98 Å². The van der Waals surface area contributed by atoms with Crippen LogP contribution in [0.15, 0.2) is 11.2 Å². The smallest absolute Gasteiger partial charge is 0.191 e. The molecule has 22 heavy (non-hydrogen) atoms. The molecule has 1 saturated heterocycles. The molecule has 124 valence electrons. The molecule has 0 unspecified atom stereocenters. The third-order valence-corrected chi connectivity index (χ3v) is 4.62. The number of guanidine groups is 1. The summed E-state index contributed by atoms with van der Waals surface area (Å²) >= 11 is 1.74. The van der Waals surface area contributed by atoms with Gasteiger partial charge in [0.05, 0.1) is 19.8 Å². The molecule has 1 aliphatic heterocycles. The average Bonchev–Trinajstić information content (AvgIpc) is 3.02. The highest BCUT2D eigenvalue weighted by Crippen LogP contribution is 2.13. The third kappa shape index (κ3) is 5.90. The van der Waals surface area contributed by atoms with Crippen LogP contribution in [0.4, 0.5) is 0 Å². The van der Waals surface area contributed by atoms with Crippen molar-refractivity contribution in [2.45, 2.75) is 26.8 Å². The Morgan fingerprint density at radius 2 is 2.18 bits per heavy atom. The van der Waals surface area contributed by atoms with E-state index in [0.717, 1.165) is 63.3 Å². The van der Waals surface area contributed by atoms with E-state index in [9.17, 15) is 0 Å². The minimum absolute atomic E-state index is 0.636. The maximum atomic E-state index is 5.36. The zero-order valence-corrected chi connectivity index (χ0v) is 14.4. The van der Waals surface area contributed by atoms with Crippen molar-refractivity contribution in [3.8, 4) is 0 Å². The standard InChI is InChI=1S/C15H27N5OS/c1-3-13-11-18-14(22-13)12-19-15(16-4-2)17-5-6-20-7-9-21-10-8-20/h11H,3-10,12H2,1-2H3,(H2,16,17,19). The average molecular weight is 325 g/mol. The van der Waals surface area contributed by atoms with Gasteiger partial charge in [-0.3, -0.25) is 4.90 Å². The molecular formula is C15H27N5OS. The fourth-order valence-corrected chi connectivity index (χ4v) is 3.02. The van der Waals surface area contributed by atoms with E-state index in [0.29, 0.717) is 6.54 Å². The summed E-state index contributed by atoms with van der Waals surface area (Å²) in [5.74, 6) is 0.865. The molecule has 2 rings (SSSR count). The van der Waals surface area contributed by atoms with E-state index in [-0.39, 0.29) is 0 Å². The Bertz CT molecular complexity index is 457. The van der Waals surface area contributed by atoms with Gasteiger partial charge >= 0.3 is 0 Å². The molecule has 1 fully saturated rings. The van der Waals surface area contributed by atoms with Crippen LogP contribution in [-0.2, 0) is 17.7 Å². The van der Waals surface area contributed by atoms with Crippen molar-refractivity contribution in [3.05, 3.63) is 16.1 Å². The molecule has 1 aliphatic rings. The summed E-state index contributed by atoms with van der Waals surface area (Å²) in [5.41, 5.74) is 0. The molecule has 2 heterocycles. The van der Waals surface area contributed by atoms with Crippen molar-refractivity contribution in [3.63, 3.8) is 0 Å². The topological polar surface area (TPSA) is 61.8 Å². The Kier molecular flexibility index (Phi) is 7.62. The first-order valence-corrected chi connectivity index (χ1v) is 8.89. The molecule has 0 amide bonds. The summed E-state index contributed by atoms with van der Waals surface area (Å²) in [6.45, 7) is 11.4. The maximum absolute atomic E-state index is 5.36. The van der Waals surface area contributed by atoms with Crippen LogP contribution >= 0.6 is 11.3 Å². The van der Waals surface area contributed by atoms with Gasteiger partial charge in [0.2, 0.25) is 0 Å². The Balaban J connectivity index is 1.76. The molecule has 0 aliphatic carbocycles. The molecule has 2 N–H and O–H groups in total. The largest absolute Gasteiger partial charge is 0.379 e. The summed E-state index contributed by atoms with van der Waals surface area (Å²) in [5, 5.41) is 7.75. The Morgan fingerprint density at radius 1 is 1.36 bits per heavy atom. The number of hydrogen-bond acceptors (Lipinski definition) is 5. The van der Waals surface area contributed by atoms with Crippen molar-refractivity contribution in [2.75, 3.05) is 45.9 Å². The zero-order valence-electron chi connectivity index (χ0n) is 13.6. The third-order valence-electron chi connectivity index (χ3n) is 3.49. The van der Waals surface area contributed by atoms with E-state index in [4.69, 9.17) is 4.74 Å². The number of ether oxygens (including phenoxy) is 1. The summed E-state index contributed by atoms with van der Waals surface area (Å²) < 4.78 is 5.36. The van der Waals surface area contributed by atoms with Crippen molar-refractivity contribution in [1.82, 2.24) is 20.5 Å². The van der Waals surface area contributed by atoms with Crippen molar-refractivity contribution >= 4 is 17.3 Å².